The molecule has 24 heavy (non-hydrogen) atoms. The van der Waals surface area contributed by atoms with E-state index >= 15 is 0 Å². The maximum Gasteiger partial charge on any atom is 0.165 e. The number of halogens is 1. The quantitative estimate of drug-likeness (QED) is 0.598. The maximum atomic E-state index is 13.9. The maximum absolute atomic E-state index is 13.9. The van der Waals surface area contributed by atoms with Crippen molar-refractivity contribution in [3.05, 3.63) is 53.3 Å². The number of hydrogen-bond acceptors (Lipinski definition) is 4. The second kappa shape index (κ2) is 5.56. The van der Waals surface area contributed by atoms with Crippen LogP contribution in [0, 0.1) is 5.82 Å². The highest BCUT2D eigenvalue weighted by atomic mass is 19.1. The molecule has 0 saturated carbocycles. The number of fused-ring (bicyclic) bond motifs is 3. The highest BCUT2D eigenvalue weighted by molar-refractivity contribution is 5.80. The van der Waals surface area contributed by atoms with Gasteiger partial charge < -0.3 is 14.8 Å². The Morgan fingerprint density at radius 1 is 1.17 bits per heavy atom. The van der Waals surface area contributed by atoms with Gasteiger partial charge in [0.1, 0.15) is 5.75 Å². The third-order valence-corrected chi connectivity index (χ3v) is 4.21. The van der Waals surface area contributed by atoms with Crippen molar-refractivity contribution >= 4 is 11.5 Å². The van der Waals surface area contributed by atoms with Crippen LogP contribution in [0.3, 0.4) is 0 Å². The Morgan fingerprint density at radius 3 is 2.83 bits per heavy atom. The van der Waals surface area contributed by atoms with Crippen LogP contribution in [-0.2, 0) is 6.42 Å². The van der Waals surface area contributed by atoms with Crippen LogP contribution < -0.4 is 14.8 Å². The average molecular weight is 325 g/mol. The lowest BCUT2D eigenvalue weighted by Crippen LogP contribution is -1.96. The zero-order valence-corrected chi connectivity index (χ0v) is 13.3. The average Bonchev–Trinajstić information content (AvgIpc) is 3.14. The number of nitrogens with zero attached hydrogens (tertiary/aromatic N) is 1. The zero-order chi connectivity index (χ0) is 16.7. The molecule has 6 heteroatoms. The number of ether oxygens (including phenoxy) is 2. The van der Waals surface area contributed by atoms with Gasteiger partial charge in [0.15, 0.2) is 17.4 Å². The van der Waals surface area contributed by atoms with Gasteiger partial charge in [-0.15, -0.1) is 0 Å². The van der Waals surface area contributed by atoms with E-state index in [1.54, 1.807) is 13.2 Å². The number of aromatic nitrogens is 2. The molecule has 0 unspecified atom stereocenters. The molecule has 1 aliphatic rings. The minimum Gasteiger partial charge on any atom is -0.497 e. The number of rotatable bonds is 4. The van der Waals surface area contributed by atoms with Crippen molar-refractivity contribution in [3.63, 3.8) is 0 Å². The molecule has 0 fully saturated rings. The van der Waals surface area contributed by atoms with E-state index in [1.807, 2.05) is 24.3 Å². The molecule has 5 nitrogen and oxygen atoms in total. The second-order valence-corrected chi connectivity index (χ2v) is 5.60. The lowest BCUT2D eigenvalue weighted by atomic mass is 10.1. The Balaban J connectivity index is 1.69. The van der Waals surface area contributed by atoms with Gasteiger partial charge in [-0.05, 0) is 29.8 Å². The van der Waals surface area contributed by atoms with Crippen LogP contribution in [0.15, 0.2) is 36.4 Å². The Bertz CT molecular complexity index is 921. The minimum atomic E-state index is -0.350. The summed E-state index contributed by atoms with van der Waals surface area (Å²) in [6.45, 7) is 0. The summed E-state index contributed by atoms with van der Waals surface area (Å²) in [4.78, 5) is 0. The highest BCUT2D eigenvalue weighted by Crippen LogP contribution is 2.41. The molecule has 0 atom stereocenters. The number of H-pyrrole nitrogens is 1. The van der Waals surface area contributed by atoms with Crippen LogP contribution >= 0.6 is 0 Å². The lowest BCUT2D eigenvalue weighted by Gasteiger charge is -2.07. The summed E-state index contributed by atoms with van der Waals surface area (Å²) in [6, 6.07) is 10.9. The third kappa shape index (κ3) is 2.27. The Morgan fingerprint density at radius 2 is 2.04 bits per heavy atom. The van der Waals surface area contributed by atoms with E-state index in [-0.39, 0.29) is 11.6 Å². The number of aromatic amines is 1. The summed E-state index contributed by atoms with van der Waals surface area (Å²) in [5.41, 5.74) is 4.64. The topological polar surface area (TPSA) is 59.2 Å². The molecule has 0 bridgehead atoms. The predicted molar refractivity (Wildman–Crippen MR) is 89.6 cm³/mol. The first kappa shape index (κ1) is 14.6. The van der Waals surface area contributed by atoms with Gasteiger partial charge in [-0.25, -0.2) is 4.39 Å². The normalized spacial score (nSPS) is 11.8. The van der Waals surface area contributed by atoms with Crippen LogP contribution in [0.25, 0.3) is 11.3 Å². The molecule has 122 valence electrons. The van der Waals surface area contributed by atoms with E-state index in [4.69, 9.17) is 9.47 Å². The van der Waals surface area contributed by atoms with E-state index < -0.39 is 0 Å². The van der Waals surface area contributed by atoms with E-state index in [0.29, 0.717) is 6.42 Å². The number of benzene rings is 2. The van der Waals surface area contributed by atoms with Gasteiger partial charge in [-0.1, -0.05) is 6.07 Å². The standard InChI is InChI=1S/C18H16FN3O2/c1-23-12-5-3-4-11(8-12)20-18-14-6-10-7-15(19)16(24-2)9-13(10)17(14)21-22-18/h3-5,7-9H,6H2,1-2H3,(H2,20,21,22). The summed E-state index contributed by atoms with van der Waals surface area (Å²) in [7, 11) is 3.09. The minimum absolute atomic E-state index is 0.235. The van der Waals surface area contributed by atoms with E-state index in [9.17, 15) is 4.39 Å². The summed E-state index contributed by atoms with van der Waals surface area (Å²) in [6.07, 6.45) is 0.619. The first-order valence-electron chi connectivity index (χ1n) is 7.54. The molecule has 0 amide bonds. The Kier molecular flexibility index (Phi) is 3.37. The molecule has 1 aliphatic carbocycles. The molecule has 0 spiro atoms. The largest absolute Gasteiger partial charge is 0.497 e. The van der Waals surface area contributed by atoms with Crippen molar-refractivity contribution < 1.29 is 13.9 Å². The summed E-state index contributed by atoms with van der Waals surface area (Å²) >= 11 is 0. The van der Waals surface area contributed by atoms with E-state index in [0.717, 1.165) is 39.6 Å². The lowest BCUT2D eigenvalue weighted by molar-refractivity contribution is 0.386. The molecule has 0 saturated heterocycles. The molecule has 2 N–H and O–H groups in total. The number of nitrogens with one attached hydrogen (secondary N) is 2. The van der Waals surface area contributed by atoms with Crippen molar-refractivity contribution in [2.24, 2.45) is 0 Å². The van der Waals surface area contributed by atoms with Gasteiger partial charge in [-0.3, -0.25) is 5.10 Å². The number of hydrogen-bond donors (Lipinski definition) is 2. The smallest absolute Gasteiger partial charge is 0.165 e. The van der Waals surface area contributed by atoms with Gasteiger partial charge in [-0.2, -0.15) is 5.10 Å². The monoisotopic (exact) mass is 325 g/mol. The Labute approximate surface area is 138 Å². The van der Waals surface area contributed by atoms with Gasteiger partial charge in [0.2, 0.25) is 0 Å². The molecule has 3 aromatic rings. The molecule has 1 aromatic heterocycles. The van der Waals surface area contributed by atoms with Crippen molar-refractivity contribution in [1.82, 2.24) is 10.2 Å². The van der Waals surface area contributed by atoms with Crippen molar-refractivity contribution in [1.29, 1.82) is 0 Å². The van der Waals surface area contributed by atoms with Crippen LogP contribution in [-0.4, -0.2) is 24.4 Å². The molecule has 1 heterocycles. The highest BCUT2D eigenvalue weighted by Gasteiger charge is 2.26. The van der Waals surface area contributed by atoms with Crippen LogP contribution in [0.5, 0.6) is 11.5 Å². The molecular weight excluding hydrogens is 309 g/mol. The molecular formula is C18H16FN3O2. The molecule has 0 radical (unpaired) electrons. The SMILES string of the molecule is COc1cccc(Nc2n[nH]c3c2Cc2cc(F)c(OC)cc2-3)c1. The van der Waals surface area contributed by atoms with Gasteiger partial charge in [0, 0.05) is 29.3 Å². The first-order valence-corrected chi connectivity index (χ1v) is 7.54. The summed E-state index contributed by atoms with van der Waals surface area (Å²) in [5.74, 6) is 1.38. The third-order valence-electron chi connectivity index (χ3n) is 4.21. The fourth-order valence-electron chi connectivity index (χ4n) is 3.02. The molecule has 2 aromatic carbocycles. The molecule has 0 aliphatic heterocycles. The second-order valence-electron chi connectivity index (χ2n) is 5.60. The van der Waals surface area contributed by atoms with Gasteiger partial charge >= 0.3 is 0 Å². The van der Waals surface area contributed by atoms with Gasteiger partial charge in [0.25, 0.3) is 0 Å². The zero-order valence-electron chi connectivity index (χ0n) is 13.3. The fraction of sp³-hybridized carbons (Fsp3) is 0.167. The van der Waals surface area contributed by atoms with E-state index in [1.165, 1.54) is 13.2 Å². The Hall–Kier alpha value is -3.02. The summed E-state index contributed by atoms with van der Waals surface area (Å²) < 4.78 is 24.2. The predicted octanol–water partition coefficient (Wildman–Crippen LogP) is 3.88. The van der Waals surface area contributed by atoms with Crippen LogP contribution in [0.2, 0.25) is 0 Å². The van der Waals surface area contributed by atoms with Crippen molar-refractivity contribution in [3.8, 4) is 22.8 Å². The number of anilines is 2. The van der Waals surface area contributed by atoms with Gasteiger partial charge in [0.05, 0.1) is 19.9 Å². The van der Waals surface area contributed by atoms with Crippen molar-refractivity contribution in [2.75, 3.05) is 19.5 Å². The van der Waals surface area contributed by atoms with Crippen molar-refractivity contribution in [2.45, 2.75) is 6.42 Å². The van der Waals surface area contributed by atoms with Crippen LogP contribution in [0.1, 0.15) is 11.1 Å². The number of methoxy groups -OCH3 is 2. The summed E-state index contributed by atoms with van der Waals surface area (Å²) in [5, 5.41) is 10.7. The molecule has 4 rings (SSSR count). The van der Waals surface area contributed by atoms with Crippen LogP contribution in [0.4, 0.5) is 15.9 Å². The first-order chi connectivity index (χ1) is 11.7. The van der Waals surface area contributed by atoms with E-state index in [2.05, 4.69) is 15.5 Å². The fourth-order valence-corrected chi connectivity index (χ4v) is 3.02.